The van der Waals surface area contributed by atoms with Crippen LogP contribution in [0.25, 0.3) is 0 Å². The van der Waals surface area contributed by atoms with Crippen molar-refractivity contribution in [2.45, 2.75) is 11.5 Å². The molecule has 2 aromatic carbocycles. The number of amides is 1. The number of likely N-dealkylation sites (N-methyl/N-ethyl adjacent to an activating group) is 1. The maximum absolute atomic E-state index is 13.9. The van der Waals surface area contributed by atoms with Crippen LogP contribution in [0, 0.1) is 16.0 Å². The number of aromatic nitrogens is 1. The normalized spacial score (nSPS) is 24.3. The first-order valence-electron chi connectivity index (χ1n) is 10.3. The molecule has 0 bridgehead atoms. The largest absolute Gasteiger partial charge is 0.324 e. The van der Waals surface area contributed by atoms with Crippen molar-refractivity contribution in [2.75, 3.05) is 18.9 Å². The molecule has 2 aliphatic heterocycles. The van der Waals surface area contributed by atoms with E-state index in [1.165, 1.54) is 12.1 Å². The van der Waals surface area contributed by atoms with Gasteiger partial charge < -0.3 is 5.32 Å². The zero-order valence-corrected chi connectivity index (χ0v) is 17.3. The lowest BCUT2D eigenvalue weighted by molar-refractivity contribution is -0.384. The van der Waals surface area contributed by atoms with Gasteiger partial charge in [0.15, 0.2) is 5.78 Å². The number of carbonyl (C=O) groups is 2. The van der Waals surface area contributed by atoms with Crippen LogP contribution < -0.4 is 5.32 Å². The monoisotopic (exact) mass is 428 g/mol. The van der Waals surface area contributed by atoms with Gasteiger partial charge in [-0.05, 0) is 30.8 Å². The van der Waals surface area contributed by atoms with Crippen LogP contribution in [0.5, 0.6) is 0 Å². The fourth-order valence-corrected chi connectivity index (χ4v) is 5.21. The lowest BCUT2D eigenvalue weighted by atomic mass is 9.71. The van der Waals surface area contributed by atoms with Gasteiger partial charge in [-0.1, -0.05) is 36.4 Å². The molecule has 1 saturated heterocycles. The average Bonchev–Trinajstić information content (AvgIpc) is 3.29. The first-order valence-corrected chi connectivity index (χ1v) is 10.3. The Bertz CT molecular complexity index is 1230. The molecule has 0 unspecified atom stereocenters. The van der Waals surface area contributed by atoms with Gasteiger partial charge in [0.25, 0.3) is 5.69 Å². The van der Waals surface area contributed by atoms with Gasteiger partial charge in [0.1, 0.15) is 11.2 Å². The molecule has 8 heteroatoms. The molecular formula is C24H20N4O4. The fourth-order valence-electron chi connectivity index (χ4n) is 5.21. The summed E-state index contributed by atoms with van der Waals surface area (Å²) in [6, 6.07) is 18.8. The molecule has 32 heavy (non-hydrogen) atoms. The number of benzene rings is 2. The molecule has 1 fully saturated rings. The second-order valence-corrected chi connectivity index (χ2v) is 8.16. The molecule has 1 amide bonds. The quantitative estimate of drug-likeness (QED) is 0.388. The summed E-state index contributed by atoms with van der Waals surface area (Å²) in [5, 5.41) is 14.1. The van der Waals surface area contributed by atoms with E-state index in [-0.39, 0.29) is 29.0 Å². The number of hydrogen-bond acceptors (Lipinski definition) is 6. The van der Waals surface area contributed by atoms with Crippen LogP contribution in [-0.2, 0) is 10.3 Å². The van der Waals surface area contributed by atoms with E-state index in [1.807, 2.05) is 36.2 Å². The summed E-state index contributed by atoms with van der Waals surface area (Å²) in [5.41, 5.74) is 1.28. The molecule has 5 rings (SSSR count). The Kier molecular flexibility index (Phi) is 4.60. The van der Waals surface area contributed by atoms with E-state index < -0.39 is 16.4 Å². The number of nitro groups is 1. The van der Waals surface area contributed by atoms with E-state index in [4.69, 9.17) is 0 Å². The zero-order valence-electron chi connectivity index (χ0n) is 17.3. The molecule has 3 atom stereocenters. The van der Waals surface area contributed by atoms with Gasteiger partial charge in [0.2, 0.25) is 5.91 Å². The summed E-state index contributed by atoms with van der Waals surface area (Å²) in [6.07, 6.45) is 1.56. The molecule has 1 aromatic heterocycles. The van der Waals surface area contributed by atoms with Crippen molar-refractivity contribution in [3.63, 3.8) is 0 Å². The molecule has 160 valence electrons. The molecule has 1 N–H and O–H groups in total. The number of nitrogens with zero attached hydrogens (tertiary/aromatic N) is 3. The van der Waals surface area contributed by atoms with Crippen LogP contribution in [0.1, 0.15) is 27.5 Å². The number of non-ortho nitro benzene ring substituents is 1. The summed E-state index contributed by atoms with van der Waals surface area (Å²) in [4.78, 5) is 44.2. The van der Waals surface area contributed by atoms with E-state index in [2.05, 4.69) is 10.3 Å². The summed E-state index contributed by atoms with van der Waals surface area (Å²) in [7, 11) is 1.84. The van der Waals surface area contributed by atoms with Gasteiger partial charge in [-0.2, -0.15) is 0 Å². The van der Waals surface area contributed by atoms with Gasteiger partial charge in [0.05, 0.1) is 10.8 Å². The van der Waals surface area contributed by atoms with E-state index in [9.17, 15) is 19.7 Å². The van der Waals surface area contributed by atoms with E-state index in [0.29, 0.717) is 12.2 Å². The molecule has 0 saturated carbocycles. The Morgan fingerprint density at radius 3 is 2.53 bits per heavy atom. The Balaban J connectivity index is 1.70. The third kappa shape index (κ3) is 2.76. The highest BCUT2D eigenvalue weighted by molar-refractivity contribution is 6.11. The van der Waals surface area contributed by atoms with Crippen LogP contribution in [0.4, 0.5) is 11.4 Å². The third-order valence-electron chi connectivity index (χ3n) is 6.59. The highest BCUT2D eigenvalue weighted by Crippen LogP contribution is 2.55. The van der Waals surface area contributed by atoms with Crippen molar-refractivity contribution in [1.82, 2.24) is 9.88 Å². The number of pyridine rings is 1. The minimum atomic E-state index is -1.20. The van der Waals surface area contributed by atoms with Crippen LogP contribution in [0.2, 0.25) is 0 Å². The summed E-state index contributed by atoms with van der Waals surface area (Å²) < 4.78 is 0. The fraction of sp³-hybridized carbons (Fsp3) is 0.208. The van der Waals surface area contributed by atoms with Crippen LogP contribution in [0.15, 0.2) is 72.9 Å². The minimum Gasteiger partial charge on any atom is -0.324 e. The SMILES string of the molecule is CN1C[C@H](c2ccc([N+](=O)[O-])cc2)[C@@H](C(=O)c2ccccn2)[C@@]12C(=O)Nc1ccccc12. The summed E-state index contributed by atoms with van der Waals surface area (Å²) in [6.45, 7) is 0.433. The van der Waals surface area contributed by atoms with Gasteiger partial charge in [-0.15, -0.1) is 0 Å². The molecule has 1 spiro atoms. The molecule has 2 aliphatic rings. The third-order valence-corrected chi connectivity index (χ3v) is 6.59. The molecule has 8 nitrogen and oxygen atoms in total. The number of rotatable bonds is 4. The Labute approximate surface area is 184 Å². The minimum absolute atomic E-state index is 0.0219. The van der Waals surface area contributed by atoms with Crippen molar-refractivity contribution in [1.29, 1.82) is 0 Å². The maximum atomic E-state index is 13.9. The van der Waals surface area contributed by atoms with Crippen molar-refractivity contribution in [3.8, 4) is 0 Å². The number of para-hydroxylation sites is 1. The maximum Gasteiger partial charge on any atom is 0.269 e. The van der Waals surface area contributed by atoms with E-state index in [0.717, 1.165) is 11.1 Å². The topological polar surface area (TPSA) is 105 Å². The second-order valence-electron chi connectivity index (χ2n) is 8.16. The van der Waals surface area contributed by atoms with Crippen molar-refractivity contribution in [3.05, 3.63) is 99.9 Å². The molecule has 3 heterocycles. The van der Waals surface area contributed by atoms with Crippen molar-refractivity contribution < 1.29 is 14.5 Å². The number of fused-ring (bicyclic) bond motifs is 2. The Hall–Kier alpha value is -3.91. The highest BCUT2D eigenvalue weighted by atomic mass is 16.6. The number of Topliss-reactive ketones (excluding diaryl/α,β-unsaturated/α-hetero) is 1. The number of ketones is 1. The average molecular weight is 428 g/mol. The Morgan fingerprint density at radius 1 is 1.12 bits per heavy atom. The standard InChI is InChI=1S/C24H20N4O4/c1-27-14-17(15-9-11-16(12-10-15)28(31)32)21(22(29)20-8-4-5-13-25-20)24(27)18-6-2-3-7-19(18)26-23(24)30/h2-13,17,21H,14H2,1H3,(H,26,30)/t17-,21+,24+/m1/s1. The van der Waals surface area contributed by atoms with Crippen LogP contribution >= 0.6 is 0 Å². The van der Waals surface area contributed by atoms with Gasteiger partial charge in [-0.25, -0.2) is 0 Å². The number of nitrogens with one attached hydrogen (secondary N) is 1. The van der Waals surface area contributed by atoms with Crippen molar-refractivity contribution in [2.24, 2.45) is 5.92 Å². The highest BCUT2D eigenvalue weighted by Gasteiger charge is 2.64. The first kappa shape index (κ1) is 20.0. The molecule has 3 aromatic rings. The molecule has 0 aliphatic carbocycles. The van der Waals surface area contributed by atoms with Gasteiger partial charge in [-0.3, -0.25) is 29.6 Å². The molecular weight excluding hydrogens is 408 g/mol. The van der Waals surface area contributed by atoms with E-state index >= 15 is 0 Å². The number of likely N-dealkylation sites (tertiary alicyclic amines) is 1. The summed E-state index contributed by atoms with van der Waals surface area (Å²) >= 11 is 0. The zero-order chi connectivity index (χ0) is 22.5. The lowest BCUT2D eigenvalue weighted by Crippen LogP contribution is -2.51. The number of carbonyl (C=O) groups excluding carboxylic acids is 2. The predicted molar refractivity (Wildman–Crippen MR) is 117 cm³/mol. The summed E-state index contributed by atoms with van der Waals surface area (Å²) in [5.74, 6) is -1.59. The van der Waals surface area contributed by atoms with Crippen molar-refractivity contribution >= 4 is 23.1 Å². The molecule has 0 radical (unpaired) electrons. The van der Waals surface area contributed by atoms with Crippen LogP contribution in [-0.4, -0.2) is 40.1 Å². The number of nitro benzene ring substituents is 1. The number of anilines is 1. The van der Waals surface area contributed by atoms with E-state index in [1.54, 1.807) is 36.5 Å². The first-order chi connectivity index (χ1) is 15.4. The second kappa shape index (κ2) is 7.35. The van der Waals surface area contributed by atoms with Gasteiger partial charge >= 0.3 is 0 Å². The number of hydrogen-bond donors (Lipinski definition) is 1. The van der Waals surface area contributed by atoms with Crippen LogP contribution in [0.3, 0.4) is 0 Å². The van der Waals surface area contributed by atoms with Gasteiger partial charge in [0, 0.05) is 42.0 Å². The predicted octanol–water partition coefficient (Wildman–Crippen LogP) is 3.37. The Morgan fingerprint density at radius 2 is 1.84 bits per heavy atom. The lowest BCUT2D eigenvalue weighted by Gasteiger charge is -2.35. The smallest absolute Gasteiger partial charge is 0.269 e.